The molecule has 254 valence electrons. The number of rotatable bonds is 11. The summed E-state index contributed by atoms with van der Waals surface area (Å²) >= 11 is 0. The van der Waals surface area contributed by atoms with Gasteiger partial charge in [0.15, 0.2) is 0 Å². The van der Waals surface area contributed by atoms with Gasteiger partial charge in [0.05, 0.1) is 24.7 Å². The summed E-state index contributed by atoms with van der Waals surface area (Å²) in [6, 6.07) is 0. The molecule has 0 radical (unpaired) electrons. The Morgan fingerprint density at radius 1 is 0.977 bits per heavy atom. The molecule has 12 atom stereocenters. The molecule has 10 nitrogen and oxygen atoms in total. The Hall–Kier alpha value is -1.48. The Balaban J connectivity index is 1.26. The molecule has 4 rings (SSSR count). The van der Waals surface area contributed by atoms with E-state index in [1.54, 1.807) is 0 Å². The second-order valence-corrected chi connectivity index (χ2v) is 15.7. The van der Waals surface area contributed by atoms with Crippen LogP contribution in [0.4, 0.5) is 13.2 Å². The molecule has 4 N–H and O–H groups in total. The number of alkyl halides is 3. The maximum absolute atomic E-state index is 13.5. The minimum Gasteiger partial charge on any atom is -0.465 e. The van der Waals surface area contributed by atoms with Gasteiger partial charge in [0, 0.05) is 6.42 Å². The lowest BCUT2D eigenvalue weighted by molar-refractivity contribution is -0.207. The SMILES string of the molecule is C[C@H](CCC(=O)OCCC(=O)OCC(F)C(F)(F)S(=O)(=O)O)[C@H]1CC[C@H]2[C@@H]3[C@H](O)C[C@@H]4C[C@H](O)CC[C@]4(C)[C@H]3C[C@H](O)[C@]12C. The van der Waals surface area contributed by atoms with Crippen molar-refractivity contribution in [1.29, 1.82) is 0 Å². The first-order chi connectivity index (χ1) is 20.3. The third kappa shape index (κ3) is 6.52. The number of ether oxygens (including phenoxy) is 2. The van der Waals surface area contributed by atoms with Gasteiger partial charge < -0.3 is 24.8 Å². The van der Waals surface area contributed by atoms with E-state index in [4.69, 9.17) is 9.29 Å². The van der Waals surface area contributed by atoms with E-state index in [0.717, 1.165) is 25.7 Å². The molecule has 0 aromatic heterocycles. The largest absolute Gasteiger partial charge is 0.465 e. The van der Waals surface area contributed by atoms with Gasteiger partial charge in [0.25, 0.3) is 0 Å². The zero-order chi connectivity index (χ0) is 32.8. The Morgan fingerprint density at radius 2 is 1.64 bits per heavy atom. The lowest BCUT2D eigenvalue weighted by Gasteiger charge is -2.63. The molecule has 0 aliphatic heterocycles. The predicted molar refractivity (Wildman–Crippen MR) is 150 cm³/mol. The fourth-order valence-electron chi connectivity index (χ4n) is 9.50. The van der Waals surface area contributed by atoms with Crippen LogP contribution in [0.2, 0.25) is 0 Å². The standard InChI is InChI=1S/C30H47F3O10S/c1-16(4-7-25(37)42-11-9-26(38)43-15-23(31)30(32,33)44(39,40)41)19-5-6-20-27-21(14-24(36)29(19,20)3)28(2)10-8-18(34)12-17(28)13-22(27)35/h16-24,27,34-36H,4-15H2,1-3H3,(H,39,40,41)/t16-,17+,18-,19-,20+,21+,22-,23?,24+,27+,28+,29-/m1/s1. The van der Waals surface area contributed by atoms with Crippen molar-refractivity contribution in [3.8, 4) is 0 Å². The predicted octanol–water partition coefficient (Wildman–Crippen LogP) is 3.66. The summed E-state index contributed by atoms with van der Waals surface area (Å²) in [5.41, 5.74) is -0.447. The summed E-state index contributed by atoms with van der Waals surface area (Å²) in [5.74, 6) is -0.988. The maximum atomic E-state index is 13.5. The first-order valence-electron chi connectivity index (χ1n) is 15.7. The van der Waals surface area contributed by atoms with E-state index >= 15 is 0 Å². The normalized spacial score (nSPS) is 40.2. The van der Waals surface area contributed by atoms with Gasteiger partial charge in [-0.2, -0.15) is 17.2 Å². The molecular weight excluding hydrogens is 609 g/mol. The van der Waals surface area contributed by atoms with E-state index in [0.29, 0.717) is 25.7 Å². The fourth-order valence-corrected chi connectivity index (χ4v) is 9.89. The number of halogens is 3. The van der Waals surface area contributed by atoms with Crippen molar-refractivity contribution in [2.75, 3.05) is 13.2 Å². The topological polar surface area (TPSA) is 168 Å². The molecule has 0 heterocycles. The number of aliphatic hydroxyl groups is 3. The van der Waals surface area contributed by atoms with Gasteiger partial charge >= 0.3 is 27.3 Å². The average Bonchev–Trinajstić information content (AvgIpc) is 3.29. The second-order valence-electron chi connectivity index (χ2n) is 14.2. The Morgan fingerprint density at radius 3 is 2.30 bits per heavy atom. The van der Waals surface area contributed by atoms with Crippen LogP contribution in [0.15, 0.2) is 0 Å². The molecule has 14 heteroatoms. The third-order valence-electron chi connectivity index (χ3n) is 12.0. The molecule has 44 heavy (non-hydrogen) atoms. The molecule has 4 aliphatic carbocycles. The van der Waals surface area contributed by atoms with Crippen LogP contribution in [-0.2, 0) is 29.2 Å². The Bertz CT molecular complexity index is 1170. The number of hydrogen-bond donors (Lipinski definition) is 4. The van der Waals surface area contributed by atoms with Crippen LogP contribution in [0.3, 0.4) is 0 Å². The number of fused-ring (bicyclic) bond motifs is 5. The van der Waals surface area contributed by atoms with Crippen LogP contribution < -0.4 is 0 Å². The van der Waals surface area contributed by atoms with Crippen molar-refractivity contribution >= 4 is 22.1 Å². The summed E-state index contributed by atoms with van der Waals surface area (Å²) in [6.07, 6.45) is 0.438. The van der Waals surface area contributed by atoms with E-state index in [-0.39, 0.29) is 53.4 Å². The summed E-state index contributed by atoms with van der Waals surface area (Å²) in [6.45, 7) is 4.39. The first kappa shape index (κ1) is 35.4. The molecule has 0 spiro atoms. The zero-order valence-corrected chi connectivity index (χ0v) is 26.4. The van der Waals surface area contributed by atoms with Crippen LogP contribution in [0.5, 0.6) is 0 Å². The lowest BCUT2D eigenvalue weighted by atomic mass is 9.43. The molecule has 4 fully saturated rings. The maximum Gasteiger partial charge on any atom is 0.403 e. The molecule has 0 bridgehead atoms. The van der Waals surface area contributed by atoms with Gasteiger partial charge in [0.2, 0.25) is 6.17 Å². The van der Waals surface area contributed by atoms with Crippen LogP contribution in [0.25, 0.3) is 0 Å². The number of esters is 2. The molecular formula is C30H47F3O10S. The third-order valence-corrected chi connectivity index (χ3v) is 12.9. The van der Waals surface area contributed by atoms with E-state index in [1.807, 2.05) is 6.92 Å². The summed E-state index contributed by atoms with van der Waals surface area (Å²) in [7, 11) is -6.03. The number of carbonyl (C=O) groups excluding carboxylic acids is 2. The van der Waals surface area contributed by atoms with Crippen molar-refractivity contribution in [1.82, 2.24) is 0 Å². The van der Waals surface area contributed by atoms with Gasteiger partial charge in [-0.05, 0) is 97.7 Å². The van der Waals surface area contributed by atoms with Crippen molar-refractivity contribution in [2.24, 2.45) is 46.3 Å². The number of aliphatic hydroxyl groups excluding tert-OH is 3. The Labute approximate surface area is 256 Å². The molecule has 0 saturated heterocycles. The summed E-state index contributed by atoms with van der Waals surface area (Å²) in [5, 5.41) is 28.2. The summed E-state index contributed by atoms with van der Waals surface area (Å²) in [4.78, 5) is 24.1. The second kappa shape index (κ2) is 13.0. The minimum atomic E-state index is -6.03. The first-order valence-corrected chi connectivity index (χ1v) is 17.1. The van der Waals surface area contributed by atoms with Crippen LogP contribution in [0.1, 0.15) is 85.0 Å². The number of hydrogen-bond acceptors (Lipinski definition) is 9. The highest BCUT2D eigenvalue weighted by Gasteiger charge is 2.65. The van der Waals surface area contributed by atoms with Gasteiger partial charge in [-0.15, -0.1) is 0 Å². The highest BCUT2D eigenvalue weighted by molar-refractivity contribution is 7.86. The van der Waals surface area contributed by atoms with Crippen LogP contribution in [0, 0.1) is 46.3 Å². The highest BCUT2D eigenvalue weighted by atomic mass is 32.2. The molecule has 0 aromatic rings. The molecule has 0 amide bonds. The quantitative estimate of drug-likeness (QED) is 0.190. The average molecular weight is 657 g/mol. The van der Waals surface area contributed by atoms with Crippen LogP contribution >= 0.6 is 0 Å². The summed E-state index contributed by atoms with van der Waals surface area (Å²) < 4.78 is 78.7. The van der Waals surface area contributed by atoms with E-state index in [2.05, 4.69) is 18.6 Å². The van der Waals surface area contributed by atoms with E-state index in [1.165, 1.54) is 0 Å². The van der Waals surface area contributed by atoms with Gasteiger partial charge in [0.1, 0.15) is 13.2 Å². The fraction of sp³-hybridized carbons (Fsp3) is 0.933. The van der Waals surface area contributed by atoms with E-state index in [9.17, 15) is 46.5 Å². The lowest BCUT2D eigenvalue weighted by Crippen LogP contribution is -2.62. The van der Waals surface area contributed by atoms with Crippen molar-refractivity contribution in [3.05, 3.63) is 0 Å². The molecule has 4 saturated carbocycles. The van der Waals surface area contributed by atoms with Gasteiger partial charge in [-0.3, -0.25) is 14.1 Å². The van der Waals surface area contributed by atoms with E-state index < -0.39 is 70.7 Å². The molecule has 0 aromatic carbocycles. The molecule has 4 aliphatic rings. The van der Waals surface area contributed by atoms with Gasteiger partial charge in [-0.1, -0.05) is 20.8 Å². The zero-order valence-electron chi connectivity index (χ0n) is 25.5. The Kier molecular flexibility index (Phi) is 10.4. The highest BCUT2D eigenvalue weighted by Crippen LogP contribution is 2.68. The minimum absolute atomic E-state index is 0.0238. The van der Waals surface area contributed by atoms with Crippen LogP contribution in [-0.4, -0.2) is 83.2 Å². The van der Waals surface area contributed by atoms with Crippen molar-refractivity contribution in [2.45, 2.75) is 115 Å². The van der Waals surface area contributed by atoms with Crippen molar-refractivity contribution in [3.63, 3.8) is 0 Å². The van der Waals surface area contributed by atoms with Gasteiger partial charge in [-0.25, -0.2) is 4.39 Å². The monoisotopic (exact) mass is 656 g/mol. The smallest absolute Gasteiger partial charge is 0.403 e. The van der Waals surface area contributed by atoms with Crippen molar-refractivity contribution < 1.29 is 60.5 Å². The number of carbonyl (C=O) groups is 2. The molecule has 1 unspecified atom stereocenters.